The van der Waals surface area contributed by atoms with Gasteiger partial charge >= 0.3 is 0 Å². The molecule has 0 saturated heterocycles. The smallest absolute Gasteiger partial charge is 0.233 e. The average Bonchev–Trinajstić information content (AvgIpc) is 3.25. The molecule has 1 saturated carbocycles. The number of thioether (sulfide) groups is 1. The van der Waals surface area contributed by atoms with Gasteiger partial charge in [-0.25, -0.2) is 9.97 Å². The summed E-state index contributed by atoms with van der Waals surface area (Å²) >= 11 is 3.38. The van der Waals surface area contributed by atoms with Crippen molar-refractivity contribution in [3.63, 3.8) is 0 Å². The van der Waals surface area contributed by atoms with Crippen molar-refractivity contribution in [1.82, 2.24) is 15.3 Å². The van der Waals surface area contributed by atoms with E-state index in [9.17, 15) is 4.79 Å². The van der Waals surface area contributed by atoms with E-state index in [4.69, 9.17) is 0 Å². The summed E-state index contributed by atoms with van der Waals surface area (Å²) in [6, 6.07) is 0.412. The third-order valence-electron chi connectivity index (χ3n) is 4.30. The summed E-state index contributed by atoms with van der Waals surface area (Å²) in [6.07, 6.45) is 8.69. The summed E-state index contributed by atoms with van der Waals surface area (Å²) in [4.78, 5) is 23.7. The molecule has 2 aromatic rings. The highest BCUT2D eigenvalue weighted by atomic mass is 32.2. The summed E-state index contributed by atoms with van der Waals surface area (Å²) in [6.45, 7) is 1.97. The number of thiophene rings is 1. The predicted octanol–water partition coefficient (Wildman–Crippen LogP) is 3.33. The first-order chi connectivity index (χ1) is 10.7. The minimum atomic E-state index is -0.113. The minimum Gasteiger partial charge on any atom is -0.352 e. The van der Waals surface area contributed by atoms with Crippen LogP contribution in [0.5, 0.6) is 0 Å². The fourth-order valence-electron chi connectivity index (χ4n) is 2.92. The molecule has 1 fully saturated rings. The molecule has 0 aromatic carbocycles. The average molecular weight is 333 g/mol. The van der Waals surface area contributed by atoms with Gasteiger partial charge in [-0.15, -0.1) is 11.3 Å². The largest absolute Gasteiger partial charge is 0.352 e. The maximum Gasteiger partial charge on any atom is 0.233 e. The van der Waals surface area contributed by atoms with Crippen LogP contribution in [0, 0.1) is 0 Å². The van der Waals surface area contributed by atoms with Crippen LogP contribution in [0.15, 0.2) is 11.4 Å². The molecule has 1 amide bonds. The van der Waals surface area contributed by atoms with Crippen molar-refractivity contribution in [2.45, 2.75) is 61.8 Å². The lowest BCUT2D eigenvalue weighted by Gasteiger charge is -2.13. The van der Waals surface area contributed by atoms with Gasteiger partial charge in [0.1, 0.15) is 16.2 Å². The van der Waals surface area contributed by atoms with Crippen LogP contribution in [0.4, 0.5) is 0 Å². The van der Waals surface area contributed by atoms with E-state index < -0.39 is 0 Å². The Morgan fingerprint density at radius 3 is 3.00 bits per heavy atom. The number of aromatic nitrogens is 2. The molecule has 0 spiro atoms. The number of hydrogen-bond acceptors (Lipinski definition) is 5. The number of nitrogens with zero attached hydrogens (tertiary/aromatic N) is 2. The number of carbonyl (C=O) groups is 1. The fraction of sp³-hybridized carbons (Fsp3) is 0.562. The first-order valence-corrected chi connectivity index (χ1v) is 9.64. The van der Waals surface area contributed by atoms with E-state index in [0.717, 1.165) is 35.5 Å². The van der Waals surface area contributed by atoms with Gasteiger partial charge in [0.25, 0.3) is 0 Å². The van der Waals surface area contributed by atoms with E-state index >= 15 is 0 Å². The van der Waals surface area contributed by atoms with E-state index in [0.29, 0.717) is 6.04 Å². The number of amides is 1. The fourth-order valence-corrected chi connectivity index (χ4v) is 5.17. The molecule has 2 aromatic heterocycles. The second-order valence-corrected chi connectivity index (χ2v) is 8.53. The second-order valence-electron chi connectivity index (χ2n) is 6.11. The van der Waals surface area contributed by atoms with Gasteiger partial charge in [0.05, 0.1) is 5.25 Å². The molecular formula is C16H19N3OS2. The number of rotatable bonds is 4. The highest BCUT2D eigenvalue weighted by Crippen LogP contribution is 2.40. The van der Waals surface area contributed by atoms with Gasteiger partial charge in [-0.1, -0.05) is 11.8 Å². The number of carbonyl (C=O) groups excluding carboxylic acids is 1. The minimum absolute atomic E-state index is 0.113. The standard InChI is InChI=1S/C16H19N3OS2/c1-9(14(20)19-10-6-7-10)21-15-13-11-4-2-3-5-12(11)22-16(13)18-8-17-15/h8-10H,2-7H2,1H3,(H,19,20). The molecule has 2 heterocycles. The van der Waals surface area contributed by atoms with Crippen LogP contribution in [0.2, 0.25) is 0 Å². The zero-order valence-corrected chi connectivity index (χ0v) is 14.2. The Balaban J connectivity index is 1.63. The first kappa shape index (κ1) is 14.5. The van der Waals surface area contributed by atoms with Gasteiger partial charge in [-0.3, -0.25) is 4.79 Å². The van der Waals surface area contributed by atoms with Crippen LogP contribution in [0.1, 0.15) is 43.0 Å². The molecule has 116 valence electrons. The van der Waals surface area contributed by atoms with Crippen LogP contribution >= 0.6 is 23.1 Å². The Bertz CT molecular complexity index is 723. The molecule has 0 aliphatic heterocycles. The maximum atomic E-state index is 12.2. The van der Waals surface area contributed by atoms with Gasteiger partial charge in [0.2, 0.25) is 5.91 Å². The number of fused-ring (bicyclic) bond motifs is 3. The Morgan fingerprint density at radius 1 is 1.36 bits per heavy atom. The van der Waals surface area contributed by atoms with E-state index in [1.807, 2.05) is 6.92 Å². The predicted molar refractivity (Wildman–Crippen MR) is 90.5 cm³/mol. The van der Waals surface area contributed by atoms with Crippen molar-refractivity contribution >= 4 is 39.2 Å². The van der Waals surface area contributed by atoms with Gasteiger partial charge in [-0.05, 0) is 51.0 Å². The lowest BCUT2D eigenvalue weighted by molar-refractivity contribution is -0.120. The summed E-state index contributed by atoms with van der Waals surface area (Å²) < 4.78 is 0. The van der Waals surface area contributed by atoms with Gasteiger partial charge < -0.3 is 5.32 Å². The Morgan fingerprint density at radius 2 is 2.18 bits per heavy atom. The first-order valence-electron chi connectivity index (χ1n) is 7.94. The number of hydrogen-bond donors (Lipinski definition) is 1. The summed E-state index contributed by atoms with van der Waals surface area (Å²) in [5, 5.41) is 5.15. The van der Waals surface area contributed by atoms with Crippen molar-refractivity contribution in [2.75, 3.05) is 0 Å². The van der Waals surface area contributed by atoms with Crippen LogP contribution in [-0.2, 0) is 17.6 Å². The normalized spacial score (nSPS) is 19.0. The van der Waals surface area contributed by atoms with E-state index in [2.05, 4.69) is 15.3 Å². The summed E-state index contributed by atoms with van der Waals surface area (Å²) in [5.41, 5.74) is 1.43. The third kappa shape index (κ3) is 2.74. The molecule has 2 aliphatic carbocycles. The van der Waals surface area contributed by atoms with Crippen LogP contribution < -0.4 is 5.32 Å². The Labute approximate surface area is 138 Å². The monoisotopic (exact) mass is 333 g/mol. The molecule has 1 N–H and O–H groups in total. The maximum absolute atomic E-state index is 12.2. The highest BCUT2D eigenvalue weighted by molar-refractivity contribution is 8.00. The van der Waals surface area contributed by atoms with Crippen molar-refractivity contribution in [3.8, 4) is 0 Å². The van der Waals surface area contributed by atoms with Crippen molar-refractivity contribution in [1.29, 1.82) is 0 Å². The molecule has 1 atom stereocenters. The number of nitrogens with one attached hydrogen (secondary N) is 1. The molecule has 6 heteroatoms. The molecule has 4 nitrogen and oxygen atoms in total. The van der Waals surface area contributed by atoms with E-state index in [-0.39, 0.29) is 11.2 Å². The lowest BCUT2D eigenvalue weighted by atomic mass is 9.97. The second kappa shape index (κ2) is 5.81. The van der Waals surface area contributed by atoms with Crippen molar-refractivity contribution < 1.29 is 4.79 Å². The van der Waals surface area contributed by atoms with Gasteiger partial charge in [-0.2, -0.15) is 0 Å². The number of aryl methyl sites for hydroxylation is 2. The molecule has 22 heavy (non-hydrogen) atoms. The van der Waals surface area contributed by atoms with Crippen LogP contribution in [0.3, 0.4) is 0 Å². The quantitative estimate of drug-likeness (QED) is 0.689. The summed E-state index contributed by atoms with van der Waals surface area (Å²) in [7, 11) is 0. The van der Waals surface area contributed by atoms with Crippen LogP contribution in [-0.4, -0.2) is 27.2 Å². The molecule has 0 radical (unpaired) electrons. The zero-order chi connectivity index (χ0) is 15.1. The van der Waals surface area contributed by atoms with E-state index in [1.165, 1.54) is 28.7 Å². The van der Waals surface area contributed by atoms with Gasteiger partial charge in [0.15, 0.2) is 0 Å². The third-order valence-corrected chi connectivity index (χ3v) is 6.60. The Hall–Kier alpha value is -1.14. The molecule has 2 aliphatic rings. The highest BCUT2D eigenvalue weighted by Gasteiger charge is 2.27. The van der Waals surface area contributed by atoms with Crippen LogP contribution in [0.25, 0.3) is 10.2 Å². The van der Waals surface area contributed by atoms with Gasteiger partial charge in [0, 0.05) is 16.3 Å². The zero-order valence-electron chi connectivity index (χ0n) is 12.6. The van der Waals surface area contributed by atoms with Crippen molar-refractivity contribution in [2.24, 2.45) is 0 Å². The van der Waals surface area contributed by atoms with Crippen molar-refractivity contribution in [3.05, 3.63) is 16.8 Å². The lowest BCUT2D eigenvalue weighted by Crippen LogP contribution is -2.32. The SMILES string of the molecule is CC(Sc1ncnc2sc3c(c12)CCCC3)C(=O)NC1CC1. The summed E-state index contributed by atoms with van der Waals surface area (Å²) in [5.74, 6) is 0.128. The molecule has 1 unspecified atom stereocenters. The Kier molecular flexibility index (Phi) is 3.82. The molecule has 4 rings (SSSR count). The molecule has 0 bridgehead atoms. The molecular weight excluding hydrogens is 314 g/mol. The van der Waals surface area contributed by atoms with E-state index in [1.54, 1.807) is 29.4 Å². The topological polar surface area (TPSA) is 54.9 Å².